The molecule has 0 aromatic heterocycles. The van der Waals surface area contributed by atoms with Gasteiger partial charge in [0.15, 0.2) is 0 Å². The highest BCUT2D eigenvalue weighted by atomic mass is 16.5. The summed E-state index contributed by atoms with van der Waals surface area (Å²) in [6.07, 6.45) is 0.567. The molecule has 0 radical (unpaired) electrons. The van der Waals surface area contributed by atoms with Crippen molar-refractivity contribution in [2.45, 2.75) is 25.8 Å². The number of hydrogen-bond acceptors (Lipinski definition) is 3. The Labute approximate surface area is 111 Å². The minimum Gasteiger partial charge on any atom is -0.480 e. The molecule has 102 valence electrons. The third-order valence-corrected chi connectivity index (χ3v) is 3.19. The second-order valence-corrected chi connectivity index (χ2v) is 4.40. The topological polar surface area (TPSA) is 66.8 Å². The molecule has 1 aromatic carbocycles. The molecule has 1 aliphatic heterocycles. The Morgan fingerprint density at radius 1 is 1.42 bits per heavy atom. The van der Waals surface area contributed by atoms with Crippen LogP contribution in [0.15, 0.2) is 24.3 Å². The maximum absolute atomic E-state index is 12.2. The quantitative estimate of drug-likeness (QED) is 0.817. The number of ether oxygens (including phenoxy) is 1. The van der Waals surface area contributed by atoms with Gasteiger partial charge >= 0.3 is 5.97 Å². The maximum Gasteiger partial charge on any atom is 0.327 e. The summed E-state index contributed by atoms with van der Waals surface area (Å²) in [5.74, 6) is -1.17. The second-order valence-electron chi connectivity index (χ2n) is 4.40. The van der Waals surface area contributed by atoms with Gasteiger partial charge in [0.05, 0.1) is 13.0 Å². The van der Waals surface area contributed by atoms with Crippen molar-refractivity contribution in [3.05, 3.63) is 29.8 Å². The van der Waals surface area contributed by atoms with Crippen molar-refractivity contribution in [2.24, 2.45) is 0 Å². The van der Waals surface area contributed by atoms with E-state index in [-0.39, 0.29) is 12.3 Å². The number of carbonyl (C=O) groups excluding carboxylic acids is 1. The SMILES string of the molecule is CCOCCC(=O)N1c2ccccc2C[C@H]1C(=O)O. The van der Waals surface area contributed by atoms with Gasteiger partial charge < -0.3 is 9.84 Å². The number of rotatable bonds is 5. The van der Waals surface area contributed by atoms with Gasteiger partial charge in [0.2, 0.25) is 5.91 Å². The third-order valence-electron chi connectivity index (χ3n) is 3.19. The number of fused-ring (bicyclic) bond motifs is 1. The molecule has 1 heterocycles. The fourth-order valence-corrected chi connectivity index (χ4v) is 2.32. The molecule has 0 unspecified atom stereocenters. The molecule has 0 fully saturated rings. The Morgan fingerprint density at radius 3 is 2.84 bits per heavy atom. The Kier molecular flexibility index (Phi) is 4.16. The lowest BCUT2D eigenvalue weighted by atomic mass is 10.1. The van der Waals surface area contributed by atoms with Crippen LogP contribution in [0.4, 0.5) is 5.69 Å². The molecule has 5 nitrogen and oxygen atoms in total. The minimum atomic E-state index is -0.971. The maximum atomic E-state index is 12.2. The van der Waals surface area contributed by atoms with Gasteiger partial charge in [-0.25, -0.2) is 4.79 Å². The van der Waals surface area contributed by atoms with E-state index in [1.165, 1.54) is 4.90 Å². The van der Waals surface area contributed by atoms with E-state index in [2.05, 4.69) is 0 Å². The Balaban J connectivity index is 2.19. The van der Waals surface area contributed by atoms with E-state index in [1.54, 1.807) is 6.07 Å². The van der Waals surface area contributed by atoms with Gasteiger partial charge in [0, 0.05) is 18.7 Å². The van der Waals surface area contributed by atoms with Crippen molar-refractivity contribution < 1.29 is 19.4 Å². The summed E-state index contributed by atoms with van der Waals surface area (Å²) < 4.78 is 5.15. The van der Waals surface area contributed by atoms with E-state index in [1.807, 2.05) is 25.1 Å². The third kappa shape index (κ3) is 2.76. The van der Waals surface area contributed by atoms with Crippen LogP contribution in [0.3, 0.4) is 0 Å². The van der Waals surface area contributed by atoms with Gasteiger partial charge in [0.25, 0.3) is 0 Å². The molecule has 0 aliphatic carbocycles. The molecule has 1 aliphatic rings. The van der Waals surface area contributed by atoms with Gasteiger partial charge in [0.1, 0.15) is 6.04 Å². The van der Waals surface area contributed by atoms with E-state index < -0.39 is 12.0 Å². The van der Waals surface area contributed by atoms with Gasteiger partial charge in [-0.15, -0.1) is 0 Å². The average Bonchev–Trinajstić information content (AvgIpc) is 2.78. The van der Waals surface area contributed by atoms with Crippen LogP contribution in [0.2, 0.25) is 0 Å². The molecule has 0 spiro atoms. The van der Waals surface area contributed by atoms with Crippen LogP contribution in [0.1, 0.15) is 18.9 Å². The molecule has 2 rings (SSSR count). The standard InChI is InChI=1S/C14H17NO4/c1-2-19-8-7-13(16)15-11-6-4-3-5-10(11)9-12(15)14(17)18/h3-6,12H,2,7-9H2,1H3,(H,17,18)/t12-/m0/s1. The number of carboxylic acid groups (broad SMARTS) is 1. The highest BCUT2D eigenvalue weighted by Gasteiger charge is 2.37. The molecule has 1 atom stereocenters. The van der Waals surface area contributed by atoms with Crippen molar-refractivity contribution in [1.82, 2.24) is 0 Å². The number of aliphatic carboxylic acids is 1. The molecule has 1 aromatic rings. The zero-order valence-corrected chi connectivity index (χ0v) is 10.8. The van der Waals surface area contributed by atoms with Crippen LogP contribution < -0.4 is 4.90 Å². The lowest BCUT2D eigenvalue weighted by molar-refractivity contribution is -0.140. The average molecular weight is 263 g/mol. The highest BCUT2D eigenvalue weighted by molar-refractivity contribution is 6.01. The summed E-state index contributed by atoms with van der Waals surface area (Å²) in [6, 6.07) is 6.52. The summed E-state index contributed by atoms with van der Waals surface area (Å²) in [5.41, 5.74) is 1.61. The number of anilines is 1. The summed E-state index contributed by atoms with van der Waals surface area (Å²) in [4.78, 5) is 24.9. The van der Waals surface area contributed by atoms with Gasteiger partial charge in [-0.2, -0.15) is 0 Å². The van der Waals surface area contributed by atoms with Crippen LogP contribution in [0, 0.1) is 0 Å². The molecule has 19 heavy (non-hydrogen) atoms. The summed E-state index contributed by atoms with van der Waals surface area (Å²) in [7, 11) is 0. The van der Waals surface area contributed by atoms with Crippen LogP contribution >= 0.6 is 0 Å². The van der Waals surface area contributed by atoms with E-state index in [9.17, 15) is 14.7 Å². The number of carboxylic acids is 1. The van der Waals surface area contributed by atoms with Gasteiger partial charge in [-0.3, -0.25) is 9.69 Å². The van der Waals surface area contributed by atoms with Crippen LogP contribution in [-0.4, -0.2) is 36.2 Å². The highest BCUT2D eigenvalue weighted by Crippen LogP contribution is 2.32. The van der Waals surface area contributed by atoms with Crippen molar-refractivity contribution in [3.63, 3.8) is 0 Å². The Bertz CT molecular complexity index is 486. The van der Waals surface area contributed by atoms with E-state index in [0.717, 1.165) is 5.56 Å². The van der Waals surface area contributed by atoms with Crippen molar-refractivity contribution >= 4 is 17.6 Å². The molecular weight excluding hydrogens is 246 g/mol. The molecule has 5 heteroatoms. The van der Waals surface area contributed by atoms with Crippen molar-refractivity contribution in [1.29, 1.82) is 0 Å². The van der Waals surface area contributed by atoms with Gasteiger partial charge in [-0.1, -0.05) is 18.2 Å². The number of hydrogen-bond donors (Lipinski definition) is 1. The van der Waals surface area contributed by atoms with E-state index in [4.69, 9.17) is 4.74 Å². The zero-order valence-electron chi connectivity index (χ0n) is 10.8. The largest absolute Gasteiger partial charge is 0.480 e. The Hall–Kier alpha value is -1.88. The second kappa shape index (κ2) is 5.84. The fourth-order valence-electron chi connectivity index (χ4n) is 2.32. The number of carbonyl (C=O) groups is 2. The lowest BCUT2D eigenvalue weighted by Crippen LogP contribution is -2.43. The first-order valence-corrected chi connectivity index (χ1v) is 6.35. The molecule has 0 saturated heterocycles. The Morgan fingerprint density at radius 2 is 2.16 bits per heavy atom. The number of para-hydroxylation sites is 1. The predicted octanol–water partition coefficient (Wildman–Crippen LogP) is 1.46. The molecular formula is C14H17NO4. The van der Waals surface area contributed by atoms with Crippen LogP contribution in [0.25, 0.3) is 0 Å². The zero-order chi connectivity index (χ0) is 13.8. The van der Waals surface area contributed by atoms with Crippen molar-refractivity contribution in [2.75, 3.05) is 18.1 Å². The number of benzene rings is 1. The van der Waals surface area contributed by atoms with Crippen LogP contribution in [-0.2, 0) is 20.7 Å². The molecule has 1 amide bonds. The first-order valence-electron chi connectivity index (χ1n) is 6.35. The van der Waals surface area contributed by atoms with Gasteiger partial charge in [-0.05, 0) is 18.6 Å². The summed E-state index contributed by atoms with van der Waals surface area (Å²) in [6.45, 7) is 2.72. The van der Waals surface area contributed by atoms with Crippen molar-refractivity contribution in [3.8, 4) is 0 Å². The predicted molar refractivity (Wildman–Crippen MR) is 70.2 cm³/mol. The number of amides is 1. The molecule has 0 bridgehead atoms. The van der Waals surface area contributed by atoms with E-state index >= 15 is 0 Å². The number of nitrogens with zero attached hydrogens (tertiary/aromatic N) is 1. The van der Waals surface area contributed by atoms with Crippen LogP contribution in [0.5, 0.6) is 0 Å². The molecule has 0 saturated carbocycles. The normalized spacial score (nSPS) is 17.3. The summed E-state index contributed by atoms with van der Waals surface area (Å²) in [5, 5.41) is 9.25. The van der Waals surface area contributed by atoms with E-state index in [0.29, 0.717) is 25.3 Å². The monoisotopic (exact) mass is 263 g/mol. The smallest absolute Gasteiger partial charge is 0.327 e. The fraction of sp³-hybridized carbons (Fsp3) is 0.429. The lowest BCUT2D eigenvalue weighted by Gasteiger charge is -2.22. The molecule has 1 N–H and O–H groups in total. The first-order chi connectivity index (χ1) is 9.15. The summed E-state index contributed by atoms with van der Waals surface area (Å²) >= 11 is 0. The first kappa shape index (κ1) is 13.5. The minimum absolute atomic E-state index is 0.200.